The van der Waals surface area contributed by atoms with Crippen LogP contribution in [0.25, 0.3) is 33.6 Å². The van der Waals surface area contributed by atoms with Crippen LogP contribution in [0.5, 0.6) is 0 Å². The Bertz CT molecular complexity index is 43.1. The van der Waals surface area contributed by atoms with Crippen molar-refractivity contribution in [3.63, 3.8) is 0 Å². The minimum Gasteiger partial charge on any atom is -1.00 e. The van der Waals surface area contributed by atoms with Gasteiger partial charge in [-0.2, -0.15) is 0 Å². The summed E-state index contributed by atoms with van der Waals surface area (Å²) in [6, 6.07) is 0. The minimum atomic E-state index is 0. The van der Waals surface area contributed by atoms with Crippen molar-refractivity contribution >= 4 is 0 Å². The Labute approximate surface area is 134 Å². The van der Waals surface area contributed by atoms with Gasteiger partial charge in [0.25, 0.3) is 0 Å². The second-order valence-electron chi connectivity index (χ2n) is 0. The largest absolute Gasteiger partial charge is 1.00 e. The third-order valence-corrected chi connectivity index (χ3v) is 0. The zero-order valence-corrected chi connectivity index (χ0v) is 11.2. The second-order valence-corrected chi connectivity index (χ2v) is 0. The SMILES string of the molecule is [H-].[K+].[N-]=O.[N-]=O.[N-]=O.[N-]=O.[N-]=O.[N-]=O.[Rh]. The van der Waals surface area contributed by atoms with Crippen LogP contribution >= 0.6 is 0 Å². The number of hydrogen-bond donors (Lipinski definition) is 0. The molecule has 0 aliphatic rings. The van der Waals surface area contributed by atoms with Gasteiger partial charge in [0.05, 0.1) is 0 Å². The van der Waals surface area contributed by atoms with Gasteiger partial charge in [0.1, 0.15) is 0 Å². The maximum atomic E-state index is 7.25. The molecule has 0 aromatic heterocycles. The van der Waals surface area contributed by atoms with E-state index in [1.807, 2.05) is 0 Å². The molecule has 0 aromatic carbocycles. The van der Waals surface area contributed by atoms with Gasteiger partial charge in [0, 0.05) is 19.5 Å². The minimum absolute atomic E-state index is 0. The zero-order valence-electron chi connectivity index (χ0n) is 7.47. The Morgan fingerprint density at radius 1 is 0.429 bits per heavy atom. The van der Waals surface area contributed by atoms with Gasteiger partial charge in [-0.1, -0.05) is 0 Å². The first-order chi connectivity index (χ1) is 6.00. The monoisotopic (exact) mass is 323 g/mol. The third kappa shape index (κ3) is 71100. The summed E-state index contributed by atoms with van der Waals surface area (Å²) in [6.07, 6.45) is 0. The van der Waals surface area contributed by atoms with Crippen molar-refractivity contribution in [1.82, 2.24) is 0 Å². The first kappa shape index (κ1) is 66.8. The van der Waals surface area contributed by atoms with Gasteiger partial charge < -0.3 is 64.4 Å². The molecule has 0 atom stereocenters. The molecule has 0 amide bonds. The fourth-order valence-electron chi connectivity index (χ4n) is 0. The molecular weight excluding hydrogens is 322 g/mol. The van der Waals surface area contributed by atoms with E-state index in [1.54, 1.807) is 0 Å². The summed E-state index contributed by atoms with van der Waals surface area (Å²) in [7, 11) is 0. The topological polar surface area (TPSA) is 236 Å². The van der Waals surface area contributed by atoms with E-state index in [2.05, 4.69) is 0 Å². The second kappa shape index (κ2) is 91900. The predicted octanol–water partition coefficient (Wildman–Crippen LogP) is -0.953. The standard InChI is InChI=1S/K.6NO.Rh.H/c;6*1-2;;/q+1;6*-1;;-1. The summed E-state index contributed by atoms with van der Waals surface area (Å²) in [5.74, 6) is 0. The molecule has 0 aromatic rings. The Morgan fingerprint density at radius 3 is 0.429 bits per heavy atom. The molecule has 0 aliphatic heterocycles. The number of nitrogens with zero attached hydrogens (tertiary/aromatic N) is 6. The molecule has 14 heteroatoms. The summed E-state index contributed by atoms with van der Waals surface area (Å²) in [5, 5.41) is 0. The van der Waals surface area contributed by atoms with E-state index in [0.717, 1.165) is 0 Å². The maximum absolute atomic E-state index is 7.25. The molecular formula is HKN6O6Rh-6. The first-order valence-electron chi connectivity index (χ1n) is 1.10. The Hall–Kier alpha value is -0.140. The molecule has 0 unspecified atom stereocenters. The van der Waals surface area contributed by atoms with Crippen LogP contribution in [0, 0.1) is 29.4 Å². The predicted molar refractivity (Wildman–Crippen MR) is 41.5 cm³/mol. The number of rotatable bonds is 0. The Morgan fingerprint density at radius 2 is 0.429 bits per heavy atom. The van der Waals surface area contributed by atoms with Crippen LogP contribution in [0.1, 0.15) is 1.43 Å². The van der Waals surface area contributed by atoms with Crippen molar-refractivity contribution in [1.29, 1.82) is 0 Å². The third-order valence-electron chi connectivity index (χ3n) is 0. The van der Waals surface area contributed by atoms with E-state index < -0.39 is 0 Å². The average Bonchev–Trinajstić information content (AvgIpc) is 2.33. The summed E-state index contributed by atoms with van der Waals surface area (Å²) in [6.45, 7) is 0. The van der Waals surface area contributed by atoms with Gasteiger partial charge in [0.15, 0.2) is 0 Å². The van der Waals surface area contributed by atoms with Crippen molar-refractivity contribution in [2.24, 2.45) is 0 Å². The fraction of sp³-hybridized carbons (Fsp3) is 0. The van der Waals surface area contributed by atoms with Crippen LogP contribution in [0.3, 0.4) is 0 Å². The van der Waals surface area contributed by atoms with Crippen molar-refractivity contribution in [2.45, 2.75) is 0 Å². The molecule has 0 bridgehead atoms. The van der Waals surface area contributed by atoms with Gasteiger partial charge in [0.2, 0.25) is 0 Å². The summed E-state index contributed by atoms with van der Waals surface area (Å²) >= 11 is 0. The Balaban J connectivity index is -0.00000000396. The average molecular weight is 323 g/mol. The van der Waals surface area contributed by atoms with Crippen LogP contribution < -0.4 is 51.4 Å². The van der Waals surface area contributed by atoms with Gasteiger partial charge in [-0.15, -0.1) is 0 Å². The van der Waals surface area contributed by atoms with Crippen molar-refractivity contribution < 1.29 is 72.3 Å². The van der Waals surface area contributed by atoms with E-state index in [0.29, 0.717) is 0 Å². The fourth-order valence-corrected chi connectivity index (χ4v) is 0. The normalized spacial score (nSPS) is 1.71. The molecule has 0 N–H and O–H groups in total. The van der Waals surface area contributed by atoms with Crippen molar-refractivity contribution in [3.8, 4) is 0 Å². The first-order valence-corrected chi connectivity index (χ1v) is 1.10. The van der Waals surface area contributed by atoms with E-state index in [-0.39, 0.29) is 72.3 Å². The van der Waals surface area contributed by atoms with Gasteiger partial charge in [-0.05, 0) is 0 Å². The smallest absolute Gasteiger partial charge is 1.00 e. The molecule has 0 rings (SSSR count). The molecule has 14 heavy (non-hydrogen) atoms. The Kier molecular flexibility index (Phi) is 438000. The van der Waals surface area contributed by atoms with Crippen LogP contribution in [-0.4, -0.2) is 0 Å². The van der Waals surface area contributed by atoms with Crippen LogP contribution in [0.2, 0.25) is 0 Å². The summed E-state index contributed by atoms with van der Waals surface area (Å²) in [5.41, 5.74) is 34.5. The zero-order chi connectivity index (χ0) is 12.0. The van der Waals surface area contributed by atoms with Gasteiger partial charge in [-0.25, -0.2) is 0 Å². The molecule has 0 saturated carbocycles. The summed E-state index contributed by atoms with van der Waals surface area (Å²) < 4.78 is 0. The van der Waals surface area contributed by atoms with Gasteiger partial charge >= 0.3 is 51.4 Å². The summed E-state index contributed by atoms with van der Waals surface area (Å²) in [4.78, 5) is 43.5. The molecule has 0 aliphatic carbocycles. The quantitative estimate of drug-likeness (QED) is 0.508. The van der Waals surface area contributed by atoms with E-state index >= 15 is 0 Å². The van der Waals surface area contributed by atoms with E-state index in [9.17, 15) is 0 Å². The molecule has 0 heterocycles. The van der Waals surface area contributed by atoms with Crippen LogP contribution in [0.15, 0.2) is 0 Å². The molecule has 0 saturated heterocycles. The molecule has 1 radical (unpaired) electrons. The van der Waals surface area contributed by atoms with Crippen LogP contribution in [-0.2, 0) is 19.5 Å². The van der Waals surface area contributed by atoms with Crippen molar-refractivity contribution in [3.05, 3.63) is 63.0 Å². The van der Waals surface area contributed by atoms with Gasteiger partial charge in [-0.3, -0.25) is 0 Å². The maximum Gasteiger partial charge on any atom is 1.00 e. The van der Waals surface area contributed by atoms with Crippen molar-refractivity contribution in [2.75, 3.05) is 0 Å². The van der Waals surface area contributed by atoms with Crippen LogP contribution in [0.4, 0.5) is 0 Å². The molecule has 12 nitrogen and oxygen atoms in total. The molecule has 0 spiro atoms. The number of nitroso groups, excluding NO2 is 6. The van der Waals surface area contributed by atoms with E-state index in [4.69, 9.17) is 63.0 Å². The van der Waals surface area contributed by atoms with E-state index in [1.165, 1.54) is 0 Å². The molecule has 83 valence electrons. The number of hydrogen-bond acceptors (Lipinski definition) is 6. The molecule has 0 fully saturated rings.